The first kappa shape index (κ1) is 17.7. The summed E-state index contributed by atoms with van der Waals surface area (Å²) in [7, 11) is 3.22. The molecule has 0 aliphatic carbocycles. The standard InChI is InChI=1S/C18H21N5O3/c1-4-19-18-20-11-14-15(21-18)22(2)8-9-23(16(14)24)13-7-5-6-12(10-13)17(25)26-3/h5-7,10-11H,4,8-9H2,1-3H3,(H,19,20,21). The minimum absolute atomic E-state index is 0.200. The van der Waals surface area contributed by atoms with Crippen LogP contribution < -0.4 is 15.1 Å². The van der Waals surface area contributed by atoms with Crippen LogP contribution in [0, 0.1) is 0 Å². The molecule has 0 radical (unpaired) electrons. The van der Waals surface area contributed by atoms with Gasteiger partial charge in [0.1, 0.15) is 11.4 Å². The summed E-state index contributed by atoms with van der Waals surface area (Å²) >= 11 is 0. The molecule has 1 amide bonds. The summed E-state index contributed by atoms with van der Waals surface area (Å²) < 4.78 is 4.76. The van der Waals surface area contributed by atoms with Crippen molar-refractivity contribution in [1.29, 1.82) is 0 Å². The summed E-state index contributed by atoms with van der Waals surface area (Å²) in [5, 5.41) is 3.06. The van der Waals surface area contributed by atoms with Gasteiger partial charge >= 0.3 is 5.97 Å². The van der Waals surface area contributed by atoms with Crippen molar-refractivity contribution >= 4 is 29.3 Å². The van der Waals surface area contributed by atoms with Gasteiger partial charge in [-0.3, -0.25) is 4.79 Å². The molecular formula is C18H21N5O3. The lowest BCUT2D eigenvalue weighted by Crippen LogP contribution is -2.33. The molecule has 0 spiro atoms. The molecule has 136 valence electrons. The average molecular weight is 355 g/mol. The fourth-order valence-electron chi connectivity index (χ4n) is 2.83. The highest BCUT2D eigenvalue weighted by atomic mass is 16.5. The van der Waals surface area contributed by atoms with Crippen molar-refractivity contribution in [2.24, 2.45) is 0 Å². The number of amides is 1. The Morgan fingerprint density at radius 3 is 2.88 bits per heavy atom. The first-order chi connectivity index (χ1) is 12.5. The Kier molecular flexibility index (Phi) is 5.01. The molecule has 26 heavy (non-hydrogen) atoms. The van der Waals surface area contributed by atoms with E-state index in [-0.39, 0.29) is 5.91 Å². The molecule has 1 N–H and O–H groups in total. The zero-order chi connectivity index (χ0) is 18.7. The van der Waals surface area contributed by atoms with Crippen molar-refractivity contribution in [3.63, 3.8) is 0 Å². The van der Waals surface area contributed by atoms with Crippen LogP contribution in [0.4, 0.5) is 17.5 Å². The molecule has 3 rings (SSSR count). The number of methoxy groups -OCH3 is 1. The van der Waals surface area contributed by atoms with Crippen LogP contribution in [0.1, 0.15) is 27.6 Å². The topological polar surface area (TPSA) is 87.7 Å². The Morgan fingerprint density at radius 1 is 1.35 bits per heavy atom. The predicted molar refractivity (Wildman–Crippen MR) is 98.9 cm³/mol. The Hall–Kier alpha value is -3.16. The lowest BCUT2D eigenvalue weighted by molar-refractivity contribution is 0.0600. The number of benzene rings is 1. The van der Waals surface area contributed by atoms with E-state index in [9.17, 15) is 9.59 Å². The number of carbonyl (C=O) groups is 2. The van der Waals surface area contributed by atoms with Gasteiger partial charge in [0.15, 0.2) is 0 Å². The highest BCUT2D eigenvalue weighted by molar-refractivity contribution is 6.10. The number of hydrogen-bond acceptors (Lipinski definition) is 7. The van der Waals surface area contributed by atoms with Gasteiger partial charge in [-0.25, -0.2) is 9.78 Å². The minimum atomic E-state index is -0.440. The molecule has 1 aromatic carbocycles. The third-order valence-electron chi connectivity index (χ3n) is 4.18. The van der Waals surface area contributed by atoms with Crippen molar-refractivity contribution in [2.45, 2.75) is 6.92 Å². The van der Waals surface area contributed by atoms with E-state index in [1.54, 1.807) is 35.4 Å². The first-order valence-electron chi connectivity index (χ1n) is 8.37. The number of carbonyl (C=O) groups excluding carboxylic acids is 2. The monoisotopic (exact) mass is 355 g/mol. The Balaban J connectivity index is 1.99. The van der Waals surface area contributed by atoms with Crippen LogP contribution in [-0.2, 0) is 4.74 Å². The molecule has 0 saturated heterocycles. The van der Waals surface area contributed by atoms with Crippen molar-refractivity contribution in [1.82, 2.24) is 9.97 Å². The fraction of sp³-hybridized carbons (Fsp3) is 0.333. The van der Waals surface area contributed by atoms with E-state index in [1.165, 1.54) is 7.11 Å². The van der Waals surface area contributed by atoms with Gasteiger partial charge in [0.05, 0.1) is 12.7 Å². The van der Waals surface area contributed by atoms with Crippen molar-refractivity contribution in [3.05, 3.63) is 41.6 Å². The summed E-state index contributed by atoms with van der Waals surface area (Å²) in [6.07, 6.45) is 1.54. The van der Waals surface area contributed by atoms with Crippen molar-refractivity contribution in [3.8, 4) is 0 Å². The smallest absolute Gasteiger partial charge is 0.337 e. The van der Waals surface area contributed by atoms with Gasteiger partial charge in [0, 0.05) is 38.6 Å². The Morgan fingerprint density at radius 2 is 2.15 bits per heavy atom. The number of rotatable bonds is 4. The highest BCUT2D eigenvalue weighted by Crippen LogP contribution is 2.26. The number of nitrogens with zero attached hydrogens (tertiary/aromatic N) is 4. The molecule has 0 fully saturated rings. The second kappa shape index (κ2) is 7.38. The van der Waals surface area contributed by atoms with Crippen LogP contribution in [0.3, 0.4) is 0 Å². The molecular weight excluding hydrogens is 334 g/mol. The summed E-state index contributed by atoms with van der Waals surface area (Å²) in [4.78, 5) is 37.1. The summed E-state index contributed by atoms with van der Waals surface area (Å²) in [5.74, 6) is 0.444. The van der Waals surface area contributed by atoms with E-state index in [0.29, 0.717) is 48.2 Å². The van der Waals surface area contributed by atoms with E-state index < -0.39 is 5.97 Å². The summed E-state index contributed by atoms with van der Waals surface area (Å²) in [6.45, 7) is 3.72. The Bertz CT molecular complexity index is 839. The normalized spacial score (nSPS) is 13.9. The largest absolute Gasteiger partial charge is 0.465 e. The second-order valence-corrected chi connectivity index (χ2v) is 5.88. The van der Waals surface area contributed by atoms with Crippen molar-refractivity contribution < 1.29 is 14.3 Å². The van der Waals surface area contributed by atoms with E-state index in [0.717, 1.165) is 0 Å². The lowest BCUT2D eigenvalue weighted by Gasteiger charge is -2.21. The number of anilines is 3. The maximum absolute atomic E-state index is 13.1. The third-order valence-corrected chi connectivity index (χ3v) is 4.18. The molecule has 0 bridgehead atoms. The van der Waals surface area contributed by atoms with Gasteiger partial charge in [-0.05, 0) is 25.1 Å². The SMILES string of the molecule is CCNc1ncc2c(n1)N(C)CCN(c1cccc(C(=O)OC)c1)C2=O. The van der Waals surface area contributed by atoms with Crippen LogP contribution >= 0.6 is 0 Å². The van der Waals surface area contributed by atoms with E-state index in [1.807, 2.05) is 18.9 Å². The molecule has 0 saturated carbocycles. The van der Waals surface area contributed by atoms with Crippen LogP contribution in [-0.4, -0.2) is 55.6 Å². The molecule has 8 nitrogen and oxygen atoms in total. The zero-order valence-corrected chi connectivity index (χ0v) is 15.0. The van der Waals surface area contributed by atoms with E-state index in [4.69, 9.17) is 4.74 Å². The van der Waals surface area contributed by atoms with E-state index in [2.05, 4.69) is 15.3 Å². The van der Waals surface area contributed by atoms with E-state index >= 15 is 0 Å². The number of esters is 1. The number of aromatic nitrogens is 2. The molecule has 2 heterocycles. The van der Waals surface area contributed by atoms with Gasteiger partial charge in [0.2, 0.25) is 5.95 Å². The van der Waals surface area contributed by atoms with Gasteiger partial charge in [-0.2, -0.15) is 4.98 Å². The number of fused-ring (bicyclic) bond motifs is 1. The van der Waals surface area contributed by atoms with Crippen LogP contribution in [0.5, 0.6) is 0 Å². The molecule has 1 aliphatic rings. The second-order valence-electron chi connectivity index (χ2n) is 5.88. The maximum atomic E-state index is 13.1. The molecule has 2 aromatic rings. The quantitative estimate of drug-likeness (QED) is 0.837. The Labute approximate surface area is 151 Å². The number of likely N-dealkylation sites (N-methyl/N-ethyl adjacent to an activating group) is 1. The van der Waals surface area contributed by atoms with Crippen molar-refractivity contribution in [2.75, 3.05) is 48.9 Å². The first-order valence-corrected chi connectivity index (χ1v) is 8.37. The van der Waals surface area contributed by atoms with Crippen LogP contribution in [0.25, 0.3) is 0 Å². The maximum Gasteiger partial charge on any atom is 0.337 e. The molecule has 1 aromatic heterocycles. The molecule has 0 atom stereocenters. The average Bonchev–Trinajstić information content (AvgIpc) is 2.78. The molecule has 1 aliphatic heterocycles. The van der Waals surface area contributed by atoms with Gasteiger partial charge < -0.3 is 19.9 Å². The predicted octanol–water partition coefficient (Wildman–Crippen LogP) is 1.79. The zero-order valence-electron chi connectivity index (χ0n) is 15.0. The third kappa shape index (κ3) is 3.30. The number of hydrogen-bond donors (Lipinski definition) is 1. The summed E-state index contributed by atoms with van der Waals surface area (Å²) in [6, 6.07) is 6.84. The molecule has 0 unspecified atom stereocenters. The van der Waals surface area contributed by atoms with Gasteiger partial charge in [0.25, 0.3) is 5.91 Å². The lowest BCUT2D eigenvalue weighted by atomic mass is 10.1. The van der Waals surface area contributed by atoms with Gasteiger partial charge in [-0.1, -0.05) is 6.07 Å². The fourth-order valence-corrected chi connectivity index (χ4v) is 2.83. The number of ether oxygens (including phenoxy) is 1. The molecule has 8 heteroatoms. The van der Waals surface area contributed by atoms with Crippen LogP contribution in [0.2, 0.25) is 0 Å². The van der Waals surface area contributed by atoms with Gasteiger partial charge in [-0.15, -0.1) is 0 Å². The van der Waals surface area contributed by atoms with Crippen LogP contribution in [0.15, 0.2) is 30.5 Å². The number of nitrogens with one attached hydrogen (secondary N) is 1. The summed E-state index contributed by atoms with van der Waals surface area (Å²) in [5.41, 5.74) is 1.46. The minimum Gasteiger partial charge on any atom is -0.465 e. The highest BCUT2D eigenvalue weighted by Gasteiger charge is 2.28.